The van der Waals surface area contributed by atoms with Gasteiger partial charge >= 0.3 is 0 Å². The number of amides is 1. The molecule has 1 amide bonds. The number of carbonyl (C=O) groups is 1. The fourth-order valence-corrected chi connectivity index (χ4v) is 2.52. The summed E-state index contributed by atoms with van der Waals surface area (Å²) >= 11 is 0. The third-order valence-electron chi connectivity index (χ3n) is 4.10. The lowest BCUT2D eigenvalue weighted by molar-refractivity contribution is 0.0631. The van der Waals surface area contributed by atoms with Gasteiger partial charge in [-0.25, -0.2) is 4.39 Å². The third kappa shape index (κ3) is 4.27. The molecule has 1 aromatic rings. The first-order valence-corrected chi connectivity index (χ1v) is 7.75. The molecule has 1 aliphatic heterocycles. The molecule has 0 aromatic heterocycles. The number of rotatable bonds is 4. The minimum atomic E-state index is -0.309. The molecule has 0 unspecified atom stereocenters. The highest BCUT2D eigenvalue weighted by atomic mass is 19.1. The first-order chi connectivity index (χ1) is 9.97. The van der Waals surface area contributed by atoms with Crippen molar-refractivity contribution in [2.45, 2.75) is 27.2 Å². The zero-order valence-corrected chi connectivity index (χ0v) is 13.2. The second-order valence-corrected chi connectivity index (χ2v) is 6.28. The number of hydrogen-bond donors (Lipinski definition) is 0. The molecule has 0 aliphatic carbocycles. The standard InChI is InChI=1S/C17H25FN2O/c1-13(2)6-7-19-8-10-20(11-9-19)17(21)15-5-4-14(3)16(18)12-15/h4-5,12-13H,6-11H2,1-3H3. The van der Waals surface area contributed by atoms with Crippen LogP contribution in [0.2, 0.25) is 0 Å². The fraction of sp³-hybridized carbons (Fsp3) is 0.588. The molecule has 0 saturated carbocycles. The molecule has 0 bridgehead atoms. The van der Waals surface area contributed by atoms with E-state index in [0.717, 1.165) is 32.7 Å². The van der Waals surface area contributed by atoms with Gasteiger partial charge in [-0.15, -0.1) is 0 Å². The third-order valence-corrected chi connectivity index (χ3v) is 4.10. The van der Waals surface area contributed by atoms with Gasteiger partial charge in [0.25, 0.3) is 5.91 Å². The Hall–Kier alpha value is -1.42. The smallest absolute Gasteiger partial charge is 0.254 e. The number of carbonyl (C=O) groups excluding carboxylic acids is 1. The Morgan fingerprint density at radius 1 is 1.24 bits per heavy atom. The number of halogens is 1. The lowest BCUT2D eigenvalue weighted by Gasteiger charge is -2.35. The van der Waals surface area contributed by atoms with Crippen LogP contribution >= 0.6 is 0 Å². The summed E-state index contributed by atoms with van der Waals surface area (Å²) in [5, 5.41) is 0. The number of benzene rings is 1. The summed E-state index contributed by atoms with van der Waals surface area (Å²) in [6.07, 6.45) is 1.19. The topological polar surface area (TPSA) is 23.6 Å². The van der Waals surface area contributed by atoms with E-state index in [0.29, 0.717) is 17.0 Å². The molecule has 1 heterocycles. The maximum Gasteiger partial charge on any atom is 0.254 e. The van der Waals surface area contributed by atoms with Gasteiger partial charge < -0.3 is 4.90 Å². The molecule has 116 valence electrons. The molecule has 0 spiro atoms. The van der Waals surface area contributed by atoms with Crippen molar-refractivity contribution in [1.29, 1.82) is 0 Å². The van der Waals surface area contributed by atoms with Crippen LogP contribution in [0.3, 0.4) is 0 Å². The lowest BCUT2D eigenvalue weighted by atomic mass is 10.1. The van der Waals surface area contributed by atoms with Crippen LogP contribution in [0.1, 0.15) is 36.2 Å². The molecule has 0 N–H and O–H groups in total. The Balaban J connectivity index is 1.89. The van der Waals surface area contributed by atoms with Crippen molar-refractivity contribution in [3.05, 3.63) is 35.1 Å². The molecule has 1 fully saturated rings. The van der Waals surface area contributed by atoms with Gasteiger partial charge in [0.05, 0.1) is 0 Å². The average molecular weight is 292 g/mol. The van der Waals surface area contributed by atoms with Gasteiger partial charge in [-0.1, -0.05) is 19.9 Å². The van der Waals surface area contributed by atoms with Crippen LogP contribution in [0.25, 0.3) is 0 Å². The molecule has 21 heavy (non-hydrogen) atoms. The second kappa shape index (κ2) is 7.03. The highest BCUT2D eigenvalue weighted by molar-refractivity contribution is 5.94. The highest BCUT2D eigenvalue weighted by Gasteiger charge is 2.22. The monoisotopic (exact) mass is 292 g/mol. The van der Waals surface area contributed by atoms with Crippen LogP contribution in [-0.4, -0.2) is 48.4 Å². The van der Waals surface area contributed by atoms with Gasteiger partial charge in [0, 0.05) is 31.7 Å². The fourth-order valence-electron chi connectivity index (χ4n) is 2.52. The van der Waals surface area contributed by atoms with Crippen molar-refractivity contribution in [3.63, 3.8) is 0 Å². The van der Waals surface area contributed by atoms with Crippen LogP contribution in [0.5, 0.6) is 0 Å². The lowest BCUT2D eigenvalue weighted by Crippen LogP contribution is -2.49. The van der Waals surface area contributed by atoms with Crippen molar-refractivity contribution in [3.8, 4) is 0 Å². The summed E-state index contributed by atoms with van der Waals surface area (Å²) in [5.74, 6) is 0.342. The maximum atomic E-state index is 13.6. The molecule has 1 saturated heterocycles. The first kappa shape index (κ1) is 16.0. The number of piperazine rings is 1. The van der Waals surface area contributed by atoms with Gasteiger partial charge in [0.1, 0.15) is 5.82 Å². The normalized spacial score (nSPS) is 16.5. The van der Waals surface area contributed by atoms with Crippen LogP contribution in [-0.2, 0) is 0 Å². The van der Waals surface area contributed by atoms with E-state index in [9.17, 15) is 9.18 Å². The van der Waals surface area contributed by atoms with Crippen molar-refractivity contribution in [2.75, 3.05) is 32.7 Å². The molecule has 2 rings (SSSR count). The molecular formula is C17H25FN2O. The van der Waals surface area contributed by atoms with Crippen molar-refractivity contribution in [2.24, 2.45) is 5.92 Å². The number of nitrogens with zero attached hydrogens (tertiary/aromatic N) is 2. The second-order valence-electron chi connectivity index (χ2n) is 6.28. The molecule has 3 nitrogen and oxygen atoms in total. The van der Waals surface area contributed by atoms with Gasteiger partial charge in [-0.05, 0) is 43.5 Å². The summed E-state index contributed by atoms with van der Waals surface area (Å²) in [6.45, 7) is 10.5. The van der Waals surface area contributed by atoms with E-state index in [2.05, 4.69) is 18.7 Å². The highest BCUT2D eigenvalue weighted by Crippen LogP contribution is 2.13. The van der Waals surface area contributed by atoms with E-state index in [1.165, 1.54) is 12.5 Å². The zero-order valence-electron chi connectivity index (χ0n) is 13.2. The molecule has 0 radical (unpaired) electrons. The van der Waals surface area contributed by atoms with E-state index in [-0.39, 0.29) is 11.7 Å². The van der Waals surface area contributed by atoms with Crippen molar-refractivity contribution in [1.82, 2.24) is 9.80 Å². The predicted molar refractivity (Wildman–Crippen MR) is 82.9 cm³/mol. The summed E-state index contributed by atoms with van der Waals surface area (Å²) in [5.41, 5.74) is 1.03. The van der Waals surface area contributed by atoms with Crippen LogP contribution in [0.15, 0.2) is 18.2 Å². The van der Waals surface area contributed by atoms with E-state index in [1.54, 1.807) is 19.1 Å². The summed E-state index contributed by atoms with van der Waals surface area (Å²) < 4.78 is 13.6. The van der Waals surface area contributed by atoms with Gasteiger partial charge in [-0.3, -0.25) is 9.69 Å². The predicted octanol–water partition coefficient (Wildman–Crippen LogP) is 2.94. The minimum absolute atomic E-state index is 0.0580. The summed E-state index contributed by atoms with van der Waals surface area (Å²) in [4.78, 5) is 16.6. The Kier molecular flexibility index (Phi) is 5.34. The minimum Gasteiger partial charge on any atom is -0.336 e. The number of hydrogen-bond acceptors (Lipinski definition) is 2. The summed E-state index contributed by atoms with van der Waals surface area (Å²) in [6, 6.07) is 4.73. The number of aryl methyl sites for hydroxylation is 1. The van der Waals surface area contributed by atoms with Crippen LogP contribution < -0.4 is 0 Å². The quantitative estimate of drug-likeness (QED) is 0.852. The van der Waals surface area contributed by atoms with E-state index >= 15 is 0 Å². The van der Waals surface area contributed by atoms with E-state index < -0.39 is 0 Å². The van der Waals surface area contributed by atoms with Gasteiger partial charge in [-0.2, -0.15) is 0 Å². The van der Waals surface area contributed by atoms with E-state index in [4.69, 9.17) is 0 Å². The Labute approximate surface area is 126 Å². The Bertz CT molecular complexity index is 494. The van der Waals surface area contributed by atoms with Crippen LogP contribution in [0.4, 0.5) is 4.39 Å². The Morgan fingerprint density at radius 3 is 2.48 bits per heavy atom. The molecule has 4 heteroatoms. The Morgan fingerprint density at radius 2 is 1.90 bits per heavy atom. The molecule has 1 aromatic carbocycles. The first-order valence-electron chi connectivity index (χ1n) is 7.75. The van der Waals surface area contributed by atoms with E-state index in [1.807, 2.05) is 4.90 Å². The molecular weight excluding hydrogens is 267 g/mol. The summed E-state index contributed by atoms with van der Waals surface area (Å²) in [7, 11) is 0. The van der Waals surface area contributed by atoms with Crippen molar-refractivity contribution >= 4 is 5.91 Å². The largest absolute Gasteiger partial charge is 0.336 e. The van der Waals surface area contributed by atoms with Crippen molar-refractivity contribution < 1.29 is 9.18 Å². The molecule has 1 aliphatic rings. The SMILES string of the molecule is Cc1ccc(C(=O)N2CCN(CCC(C)C)CC2)cc1F. The average Bonchev–Trinajstić information content (AvgIpc) is 2.48. The zero-order chi connectivity index (χ0) is 15.4. The molecule has 0 atom stereocenters. The van der Waals surface area contributed by atoms with Crippen LogP contribution in [0, 0.1) is 18.7 Å². The maximum absolute atomic E-state index is 13.6. The van der Waals surface area contributed by atoms with Gasteiger partial charge in [0.2, 0.25) is 0 Å². The van der Waals surface area contributed by atoms with Gasteiger partial charge in [0.15, 0.2) is 0 Å².